The molecule has 0 radical (unpaired) electrons. The lowest BCUT2D eigenvalue weighted by Gasteiger charge is -2.22. The van der Waals surface area contributed by atoms with Gasteiger partial charge in [0.05, 0.1) is 17.7 Å². The van der Waals surface area contributed by atoms with E-state index in [-0.39, 0.29) is 10.8 Å². The third kappa shape index (κ3) is 4.58. The van der Waals surface area contributed by atoms with E-state index < -0.39 is 10.0 Å². The van der Waals surface area contributed by atoms with Crippen LogP contribution in [0.15, 0.2) is 71.6 Å². The molecule has 0 aliphatic rings. The summed E-state index contributed by atoms with van der Waals surface area (Å²) >= 11 is 5.94. The summed E-state index contributed by atoms with van der Waals surface area (Å²) in [6.07, 6.45) is 0. The Morgan fingerprint density at radius 1 is 1.03 bits per heavy atom. The SMILES string of the molecule is COc1ccc(S(=O)(=O)N(C)c2ccc(C(=O)Nc3cccc(Cl)c3)cc2C)cc1. The molecular formula is C22H21ClN2O4S. The number of ether oxygens (including phenoxy) is 1. The predicted molar refractivity (Wildman–Crippen MR) is 119 cm³/mol. The van der Waals surface area contributed by atoms with Gasteiger partial charge < -0.3 is 10.1 Å². The van der Waals surface area contributed by atoms with Crippen LogP contribution in [0.25, 0.3) is 0 Å². The number of halogens is 1. The van der Waals surface area contributed by atoms with Crippen molar-refractivity contribution in [2.75, 3.05) is 23.8 Å². The Morgan fingerprint density at radius 2 is 1.73 bits per heavy atom. The molecule has 0 spiro atoms. The number of aryl methyl sites for hydroxylation is 1. The van der Waals surface area contributed by atoms with Gasteiger partial charge in [-0.3, -0.25) is 9.10 Å². The van der Waals surface area contributed by atoms with Crippen LogP contribution >= 0.6 is 11.6 Å². The van der Waals surface area contributed by atoms with E-state index in [1.54, 1.807) is 61.5 Å². The molecule has 1 amide bonds. The van der Waals surface area contributed by atoms with Crippen molar-refractivity contribution in [3.05, 3.63) is 82.9 Å². The lowest BCUT2D eigenvalue weighted by atomic mass is 10.1. The summed E-state index contributed by atoms with van der Waals surface area (Å²) in [4.78, 5) is 12.7. The zero-order chi connectivity index (χ0) is 21.9. The summed E-state index contributed by atoms with van der Waals surface area (Å²) in [5.74, 6) is 0.260. The highest BCUT2D eigenvalue weighted by Gasteiger charge is 2.23. The summed E-state index contributed by atoms with van der Waals surface area (Å²) in [6, 6.07) is 17.9. The van der Waals surface area contributed by atoms with Crippen LogP contribution in [0.1, 0.15) is 15.9 Å². The van der Waals surface area contributed by atoms with Crippen molar-refractivity contribution in [2.45, 2.75) is 11.8 Å². The molecule has 0 saturated carbocycles. The highest BCUT2D eigenvalue weighted by atomic mass is 35.5. The van der Waals surface area contributed by atoms with Gasteiger partial charge in [-0.1, -0.05) is 17.7 Å². The number of methoxy groups -OCH3 is 1. The van der Waals surface area contributed by atoms with Gasteiger partial charge in [0, 0.05) is 23.3 Å². The summed E-state index contributed by atoms with van der Waals surface area (Å²) in [5.41, 5.74) is 2.11. The Hall–Kier alpha value is -3.03. The number of nitrogens with zero attached hydrogens (tertiary/aromatic N) is 1. The predicted octanol–water partition coefficient (Wildman–Crippen LogP) is 4.73. The largest absolute Gasteiger partial charge is 0.497 e. The van der Waals surface area contributed by atoms with Gasteiger partial charge in [-0.2, -0.15) is 0 Å². The number of amides is 1. The molecule has 0 bridgehead atoms. The monoisotopic (exact) mass is 444 g/mol. The number of benzene rings is 3. The standard InChI is InChI=1S/C22H21ClN2O4S/c1-15-13-16(22(26)24-18-6-4-5-17(23)14-18)7-12-21(15)25(2)30(27,28)20-10-8-19(29-3)9-11-20/h4-14H,1-3H3,(H,24,26). The van der Waals surface area contributed by atoms with Crippen LogP contribution in [0.2, 0.25) is 5.02 Å². The Bertz CT molecular complexity index is 1180. The van der Waals surface area contributed by atoms with Crippen molar-refractivity contribution in [3.63, 3.8) is 0 Å². The van der Waals surface area contributed by atoms with Gasteiger partial charge in [0.1, 0.15) is 5.75 Å². The summed E-state index contributed by atoms with van der Waals surface area (Å²) in [5, 5.41) is 3.29. The van der Waals surface area contributed by atoms with E-state index in [0.29, 0.717) is 33.3 Å². The van der Waals surface area contributed by atoms with E-state index in [1.165, 1.54) is 30.6 Å². The number of nitrogens with one attached hydrogen (secondary N) is 1. The lowest BCUT2D eigenvalue weighted by molar-refractivity contribution is 0.102. The van der Waals surface area contributed by atoms with Crippen molar-refractivity contribution in [1.82, 2.24) is 0 Å². The normalized spacial score (nSPS) is 11.1. The maximum absolute atomic E-state index is 13.0. The lowest BCUT2D eigenvalue weighted by Crippen LogP contribution is -2.27. The maximum atomic E-state index is 13.0. The zero-order valence-corrected chi connectivity index (χ0v) is 18.3. The van der Waals surface area contributed by atoms with Gasteiger partial charge in [-0.15, -0.1) is 0 Å². The van der Waals surface area contributed by atoms with Crippen molar-refractivity contribution >= 4 is 38.9 Å². The van der Waals surface area contributed by atoms with Gasteiger partial charge >= 0.3 is 0 Å². The second-order valence-electron chi connectivity index (χ2n) is 6.61. The molecule has 0 aliphatic carbocycles. The van der Waals surface area contributed by atoms with Crippen LogP contribution in [0, 0.1) is 6.92 Å². The molecule has 1 N–H and O–H groups in total. The van der Waals surface area contributed by atoms with E-state index in [0.717, 1.165) is 0 Å². The number of carbonyl (C=O) groups excluding carboxylic acids is 1. The van der Waals surface area contributed by atoms with Gasteiger partial charge in [-0.25, -0.2) is 8.42 Å². The van der Waals surface area contributed by atoms with Crippen molar-refractivity contribution in [3.8, 4) is 5.75 Å². The van der Waals surface area contributed by atoms with Crippen LogP contribution in [-0.2, 0) is 10.0 Å². The second kappa shape index (κ2) is 8.77. The minimum Gasteiger partial charge on any atom is -0.497 e. The molecular weight excluding hydrogens is 424 g/mol. The molecule has 0 heterocycles. The van der Waals surface area contributed by atoms with Gasteiger partial charge in [0.2, 0.25) is 0 Å². The molecule has 3 aromatic carbocycles. The van der Waals surface area contributed by atoms with E-state index in [9.17, 15) is 13.2 Å². The molecule has 0 atom stereocenters. The molecule has 156 valence electrons. The molecule has 6 nitrogen and oxygen atoms in total. The number of hydrogen-bond donors (Lipinski definition) is 1. The van der Waals surface area contributed by atoms with Crippen LogP contribution in [-0.4, -0.2) is 28.5 Å². The van der Waals surface area contributed by atoms with Gasteiger partial charge in [0.15, 0.2) is 0 Å². The fourth-order valence-corrected chi connectivity index (χ4v) is 4.41. The van der Waals surface area contributed by atoms with Gasteiger partial charge in [0.25, 0.3) is 15.9 Å². The minimum atomic E-state index is -3.76. The summed E-state index contributed by atoms with van der Waals surface area (Å²) < 4.78 is 32.2. The molecule has 0 saturated heterocycles. The molecule has 0 aromatic heterocycles. The first-order chi connectivity index (χ1) is 14.2. The zero-order valence-electron chi connectivity index (χ0n) is 16.7. The first-order valence-corrected chi connectivity index (χ1v) is 10.8. The van der Waals surface area contributed by atoms with Crippen LogP contribution in [0.3, 0.4) is 0 Å². The molecule has 30 heavy (non-hydrogen) atoms. The average molecular weight is 445 g/mol. The number of hydrogen-bond acceptors (Lipinski definition) is 4. The Balaban J connectivity index is 1.83. The van der Waals surface area contributed by atoms with Crippen molar-refractivity contribution < 1.29 is 17.9 Å². The van der Waals surface area contributed by atoms with Crippen LogP contribution in [0.4, 0.5) is 11.4 Å². The molecule has 0 aliphatic heterocycles. The first-order valence-electron chi connectivity index (χ1n) is 9.03. The minimum absolute atomic E-state index is 0.146. The fraction of sp³-hybridized carbons (Fsp3) is 0.136. The smallest absolute Gasteiger partial charge is 0.264 e. The Kier molecular flexibility index (Phi) is 6.34. The Labute approximate surface area is 181 Å². The fourth-order valence-electron chi connectivity index (χ4n) is 2.95. The van der Waals surface area contributed by atoms with E-state index in [4.69, 9.17) is 16.3 Å². The third-order valence-electron chi connectivity index (χ3n) is 4.60. The van der Waals surface area contributed by atoms with E-state index in [2.05, 4.69) is 5.32 Å². The molecule has 0 fully saturated rings. The van der Waals surface area contributed by atoms with Crippen molar-refractivity contribution in [1.29, 1.82) is 0 Å². The van der Waals surface area contributed by atoms with E-state index >= 15 is 0 Å². The molecule has 0 unspecified atom stereocenters. The highest BCUT2D eigenvalue weighted by Crippen LogP contribution is 2.27. The Morgan fingerprint density at radius 3 is 2.33 bits per heavy atom. The summed E-state index contributed by atoms with van der Waals surface area (Å²) in [7, 11) is -0.767. The third-order valence-corrected chi connectivity index (χ3v) is 6.62. The van der Waals surface area contributed by atoms with Gasteiger partial charge in [-0.05, 0) is 73.2 Å². The maximum Gasteiger partial charge on any atom is 0.264 e. The second-order valence-corrected chi connectivity index (χ2v) is 9.02. The average Bonchev–Trinajstić information content (AvgIpc) is 2.73. The molecule has 3 aromatic rings. The number of sulfonamides is 1. The van der Waals surface area contributed by atoms with E-state index in [1.807, 2.05) is 0 Å². The molecule has 8 heteroatoms. The highest BCUT2D eigenvalue weighted by molar-refractivity contribution is 7.92. The summed E-state index contributed by atoms with van der Waals surface area (Å²) in [6.45, 7) is 1.76. The number of anilines is 2. The topological polar surface area (TPSA) is 75.7 Å². The molecule has 3 rings (SSSR count). The van der Waals surface area contributed by atoms with Crippen LogP contribution in [0.5, 0.6) is 5.75 Å². The number of rotatable bonds is 6. The number of carbonyl (C=O) groups is 1. The first kappa shape index (κ1) is 21.7. The quantitative estimate of drug-likeness (QED) is 0.596. The van der Waals surface area contributed by atoms with Crippen molar-refractivity contribution in [2.24, 2.45) is 0 Å². The van der Waals surface area contributed by atoms with Crippen LogP contribution < -0.4 is 14.4 Å².